The summed E-state index contributed by atoms with van der Waals surface area (Å²) in [6.45, 7) is 11.1. The zero-order valence-corrected chi connectivity index (χ0v) is 13.4. The van der Waals surface area contributed by atoms with Gasteiger partial charge in [0.25, 0.3) is 0 Å². The second kappa shape index (κ2) is 8.05. The van der Waals surface area contributed by atoms with Gasteiger partial charge in [-0.2, -0.15) is 0 Å². The fourth-order valence-electron chi connectivity index (χ4n) is 2.24. The lowest BCUT2D eigenvalue weighted by Gasteiger charge is -2.24. The minimum atomic E-state index is 0.0962. The molecular weight excluding hydrogens is 250 g/mol. The van der Waals surface area contributed by atoms with Gasteiger partial charge < -0.3 is 4.74 Å². The number of carbonyl (C=O) groups is 1. The normalized spacial score (nSPS) is 12.5. The van der Waals surface area contributed by atoms with Crippen LogP contribution in [0.15, 0.2) is 18.2 Å². The van der Waals surface area contributed by atoms with Crippen molar-refractivity contribution in [2.24, 2.45) is 5.92 Å². The summed E-state index contributed by atoms with van der Waals surface area (Å²) in [6, 6.07) is 5.68. The summed E-state index contributed by atoms with van der Waals surface area (Å²) in [6.07, 6.45) is 1.18. The van der Waals surface area contributed by atoms with Crippen LogP contribution in [0.1, 0.15) is 50.0 Å². The number of methoxy groups -OCH3 is 1. The van der Waals surface area contributed by atoms with Crippen molar-refractivity contribution in [2.45, 2.75) is 40.7 Å². The number of nitrogens with zero attached hydrogens (tertiary/aromatic N) is 1. The van der Waals surface area contributed by atoms with E-state index in [0.717, 1.165) is 36.5 Å². The summed E-state index contributed by atoms with van der Waals surface area (Å²) in [5, 5.41) is 0. The third-order valence-corrected chi connectivity index (χ3v) is 3.79. The molecule has 0 aliphatic heterocycles. The van der Waals surface area contributed by atoms with E-state index in [9.17, 15) is 4.79 Å². The van der Waals surface area contributed by atoms with Crippen molar-refractivity contribution in [1.82, 2.24) is 4.90 Å². The number of Topliss-reactive ketones (excluding diaryl/α,β-unsaturated/α-hetero) is 1. The molecule has 1 rings (SSSR count). The van der Waals surface area contributed by atoms with Gasteiger partial charge >= 0.3 is 0 Å². The molecule has 0 heterocycles. The van der Waals surface area contributed by atoms with E-state index >= 15 is 0 Å². The van der Waals surface area contributed by atoms with Crippen molar-refractivity contribution in [3.8, 4) is 5.75 Å². The molecule has 112 valence electrons. The highest BCUT2D eigenvalue weighted by Crippen LogP contribution is 2.22. The molecule has 1 aromatic carbocycles. The van der Waals surface area contributed by atoms with Crippen LogP contribution in [0.5, 0.6) is 5.75 Å². The molecule has 3 heteroatoms. The van der Waals surface area contributed by atoms with Gasteiger partial charge in [0.2, 0.25) is 0 Å². The van der Waals surface area contributed by atoms with Crippen molar-refractivity contribution >= 4 is 5.78 Å². The summed E-state index contributed by atoms with van der Waals surface area (Å²) in [5.41, 5.74) is 1.84. The highest BCUT2D eigenvalue weighted by molar-refractivity contribution is 5.94. The van der Waals surface area contributed by atoms with Crippen LogP contribution in [0.25, 0.3) is 0 Å². The standard InChI is InChI=1S/C17H27NO2/c1-6-13(3)11-18(7-2)12-16-10-15(14(4)19)8-9-17(16)20-5/h8-10,13H,6-7,11-12H2,1-5H3. The SMILES string of the molecule is CCC(C)CN(CC)Cc1cc(C(C)=O)ccc1OC. The number of carbonyl (C=O) groups excluding carboxylic acids is 1. The van der Waals surface area contributed by atoms with Crippen molar-refractivity contribution in [3.05, 3.63) is 29.3 Å². The first-order valence-electron chi connectivity index (χ1n) is 7.41. The van der Waals surface area contributed by atoms with Crippen LogP contribution in [0, 0.1) is 5.92 Å². The van der Waals surface area contributed by atoms with Gasteiger partial charge in [0.1, 0.15) is 5.75 Å². The molecule has 0 radical (unpaired) electrons. The molecular formula is C17H27NO2. The Labute approximate surface area is 122 Å². The van der Waals surface area contributed by atoms with E-state index in [-0.39, 0.29) is 5.78 Å². The maximum atomic E-state index is 11.5. The van der Waals surface area contributed by atoms with E-state index < -0.39 is 0 Å². The van der Waals surface area contributed by atoms with Crippen molar-refractivity contribution in [3.63, 3.8) is 0 Å². The van der Waals surface area contributed by atoms with E-state index in [1.165, 1.54) is 6.42 Å². The molecule has 0 N–H and O–H groups in total. The van der Waals surface area contributed by atoms with Gasteiger partial charge in [-0.1, -0.05) is 27.2 Å². The Morgan fingerprint density at radius 3 is 2.55 bits per heavy atom. The van der Waals surface area contributed by atoms with E-state index in [1.807, 2.05) is 18.2 Å². The van der Waals surface area contributed by atoms with Crippen LogP contribution in [-0.2, 0) is 6.54 Å². The number of hydrogen-bond acceptors (Lipinski definition) is 3. The molecule has 1 atom stereocenters. The first-order chi connectivity index (χ1) is 9.51. The number of benzene rings is 1. The molecule has 0 bridgehead atoms. The average Bonchev–Trinajstić information content (AvgIpc) is 2.45. The van der Waals surface area contributed by atoms with Gasteiger partial charge in [-0.15, -0.1) is 0 Å². The first kappa shape index (κ1) is 16.7. The Morgan fingerprint density at radius 1 is 1.35 bits per heavy atom. The predicted molar refractivity (Wildman–Crippen MR) is 83.4 cm³/mol. The molecule has 1 aromatic rings. The van der Waals surface area contributed by atoms with Crippen molar-refractivity contribution in [1.29, 1.82) is 0 Å². The van der Waals surface area contributed by atoms with Crippen LogP contribution in [0.3, 0.4) is 0 Å². The third kappa shape index (κ3) is 4.64. The second-order valence-corrected chi connectivity index (χ2v) is 5.42. The summed E-state index contributed by atoms with van der Waals surface area (Å²) < 4.78 is 5.42. The van der Waals surface area contributed by atoms with Gasteiger partial charge in [0.05, 0.1) is 7.11 Å². The zero-order valence-electron chi connectivity index (χ0n) is 13.4. The average molecular weight is 277 g/mol. The fraction of sp³-hybridized carbons (Fsp3) is 0.588. The quantitative estimate of drug-likeness (QED) is 0.677. The van der Waals surface area contributed by atoms with Crippen molar-refractivity contribution in [2.75, 3.05) is 20.2 Å². The second-order valence-electron chi connectivity index (χ2n) is 5.42. The Morgan fingerprint density at radius 2 is 2.05 bits per heavy atom. The topological polar surface area (TPSA) is 29.5 Å². The highest BCUT2D eigenvalue weighted by Gasteiger charge is 2.12. The van der Waals surface area contributed by atoms with E-state index in [1.54, 1.807) is 14.0 Å². The summed E-state index contributed by atoms with van der Waals surface area (Å²) >= 11 is 0. The molecule has 0 saturated carbocycles. The monoisotopic (exact) mass is 277 g/mol. The van der Waals surface area contributed by atoms with E-state index in [4.69, 9.17) is 4.74 Å². The molecule has 0 aliphatic rings. The van der Waals surface area contributed by atoms with E-state index in [2.05, 4.69) is 25.7 Å². The molecule has 3 nitrogen and oxygen atoms in total. The van der Waals surface area contributed by atoms with Gasteiger partial charge in [-0.3, -0.25) is 9.69 Å². The number of ketones is 1. The Bertz CT molecular complexity index is 443. The molecule has 0 fully saturated rings. The lowest BCUT2D eigenvalue weighted by molar-refractivity contribution is 0.101. The minimum Gasteiger partial charge on any atom is -0.496 e. The Balaban J connectivity index is 2.92. The number of hydrogen-bond donors (Lipinski definition) is 0. The smallest absolute Gasteiger partial charge is 0.159 e. The minimum absolute atomic E-state index is 0.0962. The van der Waals surface area contributed by atoms with E-state index in [0.29, 0.717) is 5.92 Å². The number of rotatable bonds is 8. The summed E-state index contributed by atoms with van der Waals surface area (Å²) in [7, 11) is 1.68. The maximum Gasteiger partial charge on any atom is 0.159 e. The molecule has 0 aliphatic carbocycles. The van der Waals surface area contributed by atoms with Gasteiger partial charge in [-0.05, 0) is 37.6 Å². The van der Waals surface area contributed by atoms with Crippen LogP contribution in [0.2, 0.25) is 0 Å². The highest BCUT2D eigenvalue weighted by atomic mass is 16.5. The van der Waals surface area contributed by atoms with Gasteiger partial charge in [0.15, 0.2) is 5.78 Å². The first-order valence-corrected chi connectivity index (χ1v) is 7.41. The Kier molecular flexibility index (Phi) is 6.73. The lowest BCUT2D eigenvalue weighted by Crippen LogP contribution is -2.28. The molecule has 0 aromatic heterocycles. The lowest BCUT2D eigenvalue weighted by atomic mass is 10.0. The molecule has 0 saturated heterocycles. The maximum absolute atomic E-state index is 11.5. The summed E-state index contributed by atoms with van der Waals surface area (Å²) in [5.74, 6) is 1.63. The third-order valence-electron chi connectivity index (χ3n) is 3.79. The van der Waals surface area contributed by atoms with Crippen LogP contribution in [-0.4, -0.2) is 30.9 Å². The van der Waals surface area contributed by atoms with Crippen molar-refractivity contribution < 1.29 is 9.53 Å². The zero-order chi connectivity index (χ0) is 15.1. The molecule has 1 unspecified atom stereocenters. The van der Waals surface area contributed by atoms with Crippen LogP contribution < -0.4 is 4.74 Å². The van der Waals surface area contributed by atoms with Gasteiger partial charge in [-0.25, -0.2) is 0 Å². The molecule has 20 heavy (non-hydrogen) atoms. The molecule has 0 amide bonds. The van der Waals surface area contributed by atoms with Crippen LogP contribution in [0.4, 0.5) is 0 Å². The molecule has 0 spiro atoms. The number of ether oxygens (including phenoxy) is 1. The predicted octanol–water partition coefficient (Wildman–Crippen LogP) is 3.77. The largest absolute Gasteiger partial charge is 0.496 e. The fourth-order valence-corrected chi connectivity index (χ4v) is 2.24. The Hall–Kier alpha value is -1.35. The summed E-state index contributed by atoms with van der Waals surface area (Å²) in [4.78, 5) is 13.9. The van der Waals surface area contributed by atoms with Gasteiger partial charge in [0, 0.05) is 24.2 Å². The van der Waals surface area contributed by atoms with Crippen LogP contribution >= 0.6 is 0 Å².